The molecule has 0 saturated carbocycles. The highest BCUT2D eigenvalue weighted by Gasteiger charge is 1.93. The van der Waals surface area contributed by atoms with Gasteiger partial charge in [-0.05, 0) is 29.4 Å². The highest BCUT2D eigenvalue weighted by Crippen LogP contribution is 1.96. The van der Waals surface area contributed by atoms with Crippen LogP contribution in [0.25, 0.3) is 0 Å². The predicted molar refractivity (Wildman–Crippen MR) is 28.9 cm³/mol. The van der Waals surface area contributed by atoms with Crippen LogP contribution in [-0.4, -0.2) is 16.5 Å². The van der Waals surface area contributed by atoms with Crippen molar-refractivity contribution in [2.45, 2.75) is 19.3 Å². The molecule has 1 rings (SSSR count). The Kier molecular flexibility index (Phi) is 8.11. The molecule has 0 aromatic carbocycles. The molecular weight excluding hydrogens is 249 g/mol. The van der Waals surface area contributed by atoms with Gasteiger partial charge in [0.2, 0.25) is 0 Å². The molecular formula is C5H12INO3. The standard InChI is InChI=1S/C5H11N.HIO3/c1-2-4-6-5-3-1;2-1(3)4/h6H,1-5H2;2H. The van der Waals surface area contributed by atoms with Crippen molar-refractivity contribution in [1.29, 1.82) is 0 Å². The number of hydrogen-bond donors (Lipinski definition) is 2. The molecule has 0 amide bonds. The molecule has 1 aliphatic heterocycles. The molecule has 0 aliphatic carbocycles. The van der Waals surface area contributed by atoms with Crippen LogP contribution in [0.15, 0.2) is 0 Å². The number of halogens is 1. The molecule has 0 aromatic heterocycles. The highest BCUT2D eigenvalue weighted by atomic mass is 127. The normalized spacial score (nSPS) is 18.0. The summed E-state index contributed by atoms with van der Waals surface area (Å²) >= 11 is -3.76. The molecule has 10 heavy (non-hydrogen) atoms. The van der Waals surface area contributed by atoms with Crippen molar-refractivity contribution >= 4 is 0 Å². The number of piperidine rings is 1. The van der Waals surface area contributed by atoms with E-state index in [0.717, 1.165) is 0 Å². The zero-order valence-electron chi connectivity index (χ0n) is 5.68. The lowest BCUT2D eigenvalue weighted by molar-refractivity contribution is -1.63. The topological polar surface area (TPSA) is 78.4 Å². The van der Waals surface area contributed by atoms with Crippen molar-refractivity contribution in [2.75, 3.05) is 13.1 Å². The van der Waals surface area contributed by atoms with Gasteiger partial charge in [-0.3, -0.25) is 0 Å². The van der Waals surface area contributed by atoms with Gasteiger partial charge in [0.05, 0.1) is 0 Å². The van der Waals surface area contributed by atoms with E-state index in [1.165, 1.54) is 32.4 Å². The Hall–Kier alpha value is 0.570. The first-order valence-electron chi connectivity index (χ1n) is 3.18. The zero-order valence-corrected chi connectivity index (χ0v) is 7.83. The molecule has 1 fully saturated rings. The molecule has 4 nitrogen and oxygen atoms in total. The van der Waals surface area contributed by atoms with Crippen molar-refractivity contribution in [3.8, 4) is 0 Å². The van der Waals surface area contributed by atoms with Gasteiger partial charge in [-0.25, -0.2) is 0 Å². The van der Waals surface area contributed by atoms with Crippen LogP contribution in [0.4, 0.5) is 0 Å². The van der Waals surface area contributed by atoms with E-state index in [-0.39, 0.29) is 0 Å². The Bertz CT molecular complexity index is 53.6. The third kappa shape index (κ3) is 11.4. The van der Waals surface area contributed by atoms with Crippen LogP contribution in [0.2, 0.25) is 0 Å². The molecule has 0 aromatic rings. The lowest BCUT2D eigenvalue weighted by Crippen LogP contribution is -3.98. The van der Waals surface area contributed by atoms with E-state index in [2.05, 4.69) is 5.32 Å². The van der Waals surface area contributed by atoms with Gasteiger partial charge in [-0.1, -0.05) is 6.42 Å². The molecule has 0 unspecified atom stereocenters. The van der Waals surface area contributed by atoms with Crippen LogP contribution < -0.4 is 33.3 Å². The molecule has 0 atom stereocenters. The first-order valence-corrected chi connectivity index (χ1v) is 5.91. The number of rotatable bonds is 0. The SMILES string of the molecule is C1CCNCC1.[O-][I+2]([O-])O. The van der Waals surface area contributed by atoms with Gasteiger partial charge in [0.15, 0.2) is 0 Å². The Morgan fingerprint density at radius 3 is 1.60 bits per heavy atom. The summed E-state index contributed by atoms with van der Waals surface area (Å²) in [5.74, 6) is 0. The molecule has 62 valence electrons. The lowest BCUT2D eigenvalue weighted by atomic mass is 10.2. The Labute approximate surface area is 69.3 Å². The van der Waals surface area contributed by atoms with E-state index >= 15 is 0 Å². The van der Waals surface area contributed by atoms with Crippen LogP contribution in [0.3, 0.4) is 0 Å². The van der Waals surface area contributed by atoms with E-state index in [4.69, 9.17) is 10.3 Å². The Morgan fingerprint density at radius 1 is 1.10 bits per heavy atom. The average molecular weight is 261 g/mol. The van der Waals surface area contributed by atoms with E-state index in [9.17, 15) is 0 Å². The second-order valence-corrected chi connectivity index (χ2v) is 3.16. The average Bonchev–Trinajstić information content (AvgIpc) is 1.90. The van der Waals surface area contributed by atoms with Crippen LogP contribution in [0.1, 0.15) is 19.3 Å². The summed E-state index contributed by atoms with van der Waals surface area (Å²) in [6, 6.07) is 0. The minimum Gasteiger partial charge on any atom is -0.396 e. The molecule has 1 heterocycles. The first-order chi connectivity index (χ1) is 4.73. The maximum absolute atomic E-state index is 8.68. The molecule has 2 N–H and O–H groups in total. The molecule has 5 heteroatoms. The fourth-order valence-corrected chi connectivity index (χ4v) is 0.802. The second kappa shape index (κ2) is 7.67. The lowest BCUT2D eigenvalue weighted by Gasteiger charge is -2.08. The quantitative estimate of drug-likeness (QED) is 0.427. The molecule has 0 spiro atoms. The summed E-state index contributed by atoms with van der Waals surface area (Å²) in [7, 11) is 0. The summed E-state index contributed by atoms with van der Waals surface area (Å²) in [5, 5.41) is 3.28. The molecule has 0 bridgehead atoms. The summed E-state index contributed by atoms with van der Waals surface area (Å²) in [6.45, 7) is 2.50. The maximum Gasteiger partial charge on any atom is 0.503 e. The maximum atomic E-state index is 8.68. The monoisotopic (exact) mass is 261 g/mol. The van der Waals surface area contributed by atoms with Crippen molar-refractivity contribution < 1.29 is 31.4 Å². The molecule has 1 saturated heterocycles. The van der Waals surface area contributed by atoms with Crippen molar-refractivity contribution in [1.82, 2.24) is 5.32 Å². The summed E-state index contributed by atoms with van der Waals surface area (Å²) < 4.78 is 24.5. The van der Waals surface area contributed by atoms with Gasteiger partial charge in [0, 0.05) is 0 Å². The highest BCUT2D eigenvalue weighted by molar-refractivity contribution is 4.55. The van der Waals surface area contributed by atoms with E-state index in [1.54, 1.807) is 0 Å². The zero-order chi connectivity index (χ0) is 7.82. The van der Waals surface area contributed by atoms with Gasteiger partial charge in [-0.2, -0.15) is 0 Å². The summed E-state index contributed by atoms with van der Waals surface area (Å²) in [6.07, 6.45) is 4.22. The van der Waals surface area contributed by atoms with E-state index < -0.39 is 21.1 Å². The number of hydrogen-bond acceptors (Lipinski definition) is 4. The van der Waals surface area contributed by atoms with Crippen LogP contribution in [0, 0.1) is 0 Å². The Morgan fingerprint density at radius 2 is 1.50 bits per heavy atom. The van der Waals surface area contributed by atoms with Gasteiger partial charge < -0.3 is 12.2 Å². The summed E-state index contributed by atoms with van der Waals surface area (Å²) in [4.78, 5) is 0. The summed E-state index contributed by atoms with van der Waals surface area (Å²) in [5.41, 5.74) is 0. The van der Waals surface area contributed by atoms with E-state index in [1.807, 2.05) is 0 Å². The van der Waals surface area contributed by atoms with Gasteiger partial charge >= 0.3 is 21.1 Å². The van der Waals surface area contributed by atoms with Gasteiger partial charge in [0.25, 0.3) is 0 Å². The largest absolute Gasteiger partial charge is 0.503 e. The fourth-order valence-electron chi connectivity index (χ4n) is 0.802. The third-order valence-electron chi connectivity index (χ3n) is 1.21. The minimum atomic E-state index is -3.76. The fraction of sp³-hybridized carbons (Fsp3) is 1.00. The first kappa shape index (κ1) is 10.6. The van der Waals surface area contributed by atoms with E-state index in [0.29, 0.717) is 0 Å². The van der Waals surface area contributed by atoms with Crippen LogP contribution >= 0.6 is 0 Å². The van der Waals surface area contributed by atoms with Crippen LogP contribution in [-0.2, 0) is 0 Å². The van der Waals surface area contributed by atoms with Crippen molar-refractivity contribution in [3.63, 3.8) is 0 Å². The van der Waals surface area contributed by atoms with Gasteiger partial charge in [0.1, 0.15) is 0 Å². The number of nitrogens with one attached hydrogen (secondary N) is 1. The second-order valence-electron chi connectivity index (χ2n) is 2.01. The molecule has 0 radical (unpaired) electrons. The smallest absolute Gasteiger partial charge is 0.396 e. The predicted octanol–water partition coefficient (Wildman–Crippen LogP) is -5.17. The van der Waals surface area contributed by atoms with Crippen LogP contribution in [0.5, 0.6) is 0 Å². The van der Waals surface area contributed by atoms with Crippen molar-refractivity contribution in [3.05, 3.63) is 0 Å². The Balaban J connectivity index is 0.000000180. The molecule has 1 aliphatic rings. The van der Waals surface area contributed by atoms with Crippen molar-refractivity contribution in [2.24, 2.45) is 0 Å². The minimum absolute atomic E-state index is 1.25. The van der Waals surface area contributed by atoms with Gasteiger partial charge in [-0.15, -0.1) is 0 Å². The third-order valence-corrected chi connectivity index (χ3v) is 1.21.